The molecule has 1 unspecified atom stereocenters. The molecular weight excluding hydrogens is 362 g/mol. The Hall–Kier alpha value is -1.89. The maximum absolute atomic E-state index is 12.9. The molecule has 1 aliphatic heterocycles. The van der Waals surface area contributed by atoms with Crippen LogP contribution in [-0.4, -0.2) is 39.5 Å². The van der Waals surface area contributed by atoms with Crippen LogP contribution in [0.1, 0.15) is 31.4 Å². The Kier molecular flexibility index (Phi) is 6.52. The van der Waals surface area contributed by atoms with Gasteiger partial charge in [-0.3, -0.25) is 0 Å². The van der Waals surface area contributed by atoms with Crippen LogP contribution in [0.15, 0.2) is 59.5 Å². The molecule has 1 heterocycles. The van der Waals surface area contributed by atoms with Gasteiger partial charge in [-0.1, -0.05) is 30.3 Å². The highest BCUT2D eigenvalue weighted by Crippen LogP contribution is 2.34. The number of methoxy groups -OCH3 is 1. The summed E-state index contributed by atoms with van der Waals surface area (Å²) < 4.78 is 38.6. The van der Waals surface area contributed by atoms with E-state index in [1.54, 1.807) is 35.7 Å². The minimum atomic E-state index is -3.48. The second-order valence-electron chi connectivity index (χ2n) is 6.71. The lowest BCUT2D eigenvalue weighted by Crippen LogP contribution is -2.39. The molecule has 6 heteroatoms. The maximum atomic E-state index is 12.9. The van der Waals surface area contributed by atoms with E-state index in [9.17, 15) is 8.42 Å². The Bertz CT molecular complexity index is 813. The number of benzene rings is 2. The Morgan fingerprint density at radius 1 is 1.04 bits per heavy atom. The molecule has 0 spiro atoms. The first-order chi connectivity index (χ1) is 13.1. The number of nitrogens with zero attached hydrogens (tertiary/aromatic N) is 1. The van der Waals surface area contributed by atoms with Gasteiger partial charge >= 0.3 is 0 Å². The summed E-state index contributed by atoms with van der Waals surface area (Å²) in [6.45, 7) is 3.47. The second-order valence-corrected chi connectivity index (χ2v) is 8.65. The number of ether oxygens (including phenoxy) is 2. The van der Waals surface area contributed by atoms with E-state index in [0.717, 1.165) is 18.4 Å². The van der Waals surface area contributed by atoms with Crippen molar-refractivity contribution >= 4 is 10.0 Å². The van der Waals surface area contributed by atoms with Gasteiger partial charge in [0.25, 0.3) is 0 Å². The topological polar surface area (TPSA) is 55.8 Å². The molecule has 0 N–H and O–H groups in total. The lowest BCUT2D eigenvalue weighted by Gasteiger charge is -2.35. The standard InChI is InChI=1S/C21H27NO4S/c1-3-26-19-9-11-20(12-10-19)27(23,24)22-15-13-18(14-16-22)21(25-2)17-7-5-4-6-8-17/h4-12,18,21H,3,13-16H2,1-2H3. The van der Waals surface area contributed by atoms with Crippen molar-refractivity contribution in [2.45, 2.75) is 30.8 Å². The second kappa shape index (κ2) is 8.87. The summed E-state index contributed by atoms with van der Waals surface area (Å²) in [5.74, 6) is 0.991. The van der Waals surface area contributed by atoms with Crippen LogP contribution in [0.3, 0.4) is 0 Å². The summed E-state index contributed by atoms with van der Waals surface area (Å²) in [4.78, 5) is 0.316. The summed E-state index contributed by atoms with van der Waals surface area (Å²) in [5.41, 5.74) is 1.15. The third kappa shape index (κ3) is 4.51. The summed E-state index contributed by atoms with van der Waals surface area (Å²) in [5, 5.41) is 0. The van der Waals surface area contributed by atoms with Crippen molar-refractivity contribution < 1.29 is 17.9 Å². The van der Waals surface area contributed by atoms with Crippen LogP contribution in [0.2, 0.25) is 0 Å². The number of sulfonamides is 1. The molecule has 2 aromatic rings. The average molecular weight is 390 g/mol. The van der Waals surface area contributed by atoms with Crippen LogP contribution < -0.4 is 4.74 Å². The Morgan fingerprint density at radius 3 is 2.22 bits per heavy atom. The van der Waals surface area contributed by atoms with E-state index in [4.69, 9.17) is 9.47 Å². The minimum Gasteiger partial charge on any atom is -0.494 e. The normalized spacial score (nSPS) is 17.6. The van der Waals surface area contributed by atoms with Gasteiger partial charge in [-0.25, -0.2) is 8.42 Å². The van der Waals surface area contributed by atoms with Crippen LogP contribution in [0.4, 0.5) is 0 Å². The molecule has 0 aromatic heterocycles. The van der Waals surface area contributed by atoms with Crippen molar-refractivity contribution in [1.29, 1.82) is 0 Å². The van der Waals surface area contributed by atoms with E-state index in [2.05, 4.69) is 12.1 Å². The highest BCUT2D eigenvalue weighted by molar-refractivity contribution is 7.89. The van der Waals surface area contributed by atoms with Gasteiger partial charge in [-0.2, -0.15) is 4.31 Å². The van der Waals surface area contributed by atoms with Crippen molar-refractivity contribution in [3.63, 3.8) is 0 Å². The van der Waals surface area contributed by atoms with E-state index in [1.807, 2.05) is 25.1 Å². The molecule has 1 aliphatic rings. The van der Waals surface area contributed by atoms with Gasteiger partial charge in [0.15, 0.2) is 0 Å². The van der Waals surface area contributed by atoms with Gasteiger partial charge in [-0.05, 0) is 55.5 Å². The smallest absolute Gasteiger partial charge is 0.243 e. The van der Waals surface area contributed by atoms with E-state index in [-0.39, 0.29) is 6.10 Å². The molecular formula is C21H27NO4S. The van der Waals surface area contributed by atoms with Gasteiger partial charge in [0.1, 0.15) is 5.75 Å². The van der Waals surface area contributed by atoms with Gasteiger partial charge in [0, 0.05) is 20.2 Å². The van der Waals surface area contributed by atoms with Crippen LogP contribution in [0.25, 0.3) is 0 Å². The van der Waals surface area contributed by atoms with Crippen LogP contribution in [0.5, 0.6) is 5.75 Å². The zero-order chi connectivity index (χ0) is 19.3. The molecule has 0 saturated carbocycles. The molecule has 0 amide bonds. The number of hydrogen-bond donors (Lipinski definition) is 0. The summed E-state index contributed by atoms with van der Waals surface area (Å²) >= 11 is 0. The first kappa shape index (κ1) is 19.9. The number of piperidine rings is 1. The van der Waals surface area contributed by atoms with Crippen molar-refractivity contribution in [1.82, 2.24) is 4.31 Å². The molecule has 146 valence electrons. The van der Waals surface area contributed by atoms with E-state index in [0.29, 0.717) is 36.3 Å². The fraction of sp³-hybridized carbons (Fsp3) is 0.429. The lowest BCUT2D eigenvalue weighted by molar-refractivity contribution is 0.0303. The Labute approximate surface area is 162 Å². The lowest BCUT2D eigenvalue weighted by atomic mass is 9.88. The Morgan fingerprint density at radius 2 is 1.67 bits per heavy atom. The van der Waals surface area contributed by atoms with Crippen LogP contribution in [0, 0.1) is 5.92 Å². The van der Waals surface area contributed by atoms with Crippen molar-refractivity contribution in [2.24, 2.45) is 5.92 Å². The molecule has 0 radical (unpaired) electrons. The van der Waals surface area contributed by atoms with Gasteiger partial charge < -0.3 is 9.47 Å². The van der Waals surface area contributed by atoms with Gasteiger partial charge in [-0.15, -0.1) is 0 Å². The molecule has 0 aliphatic carbocycles. The highest BCUT2D eigenvalue weighted by atomic mass is 32.2. The zero-order valence-electron chi connectivity index (χ0n) is 15.9. The van der Waals surface area contributed by atoms with Crippen molar-refractivity contribution in [3.8, 4) is 5.75 Å². The van der Waals surface area contributed by atoms with E-state index >= 15 is 0 Å². The fourth-order valence-corrected chi connectivity index (χ4v) is 5.16. The first-order valence-corrected chi connectivity index (χ1v) is 10.8. The first-order valence-electron chi connectivity index (χ1n) is 9.37. The molecule has 0 bridgehead atoms. The molecule has 2 aromatic carbocycles. The average Bonchev–Trinajstić information content (AvgIpc) is 2.70. The highest BCUT2D eigenvalue weighted by Gasteiger charge is 2.33. The molecule has 1 saturated heterocycles. The predicted octanol–water partition coefficient (Wildman–Crippen LogP) is 3.87. The molecule has 1 fully saturated rings. The van der Waals surface area contributed by atoms with Crippen LogP contribution in [-0.2, 0) is 14.8 Å². The molecule has 5 nitrogen and oxygen atoms in total. The molecule has 3 rings (SSSR count). The molecule has 27 heavy (non-hydrogen) atoms. The van der Waals surface area contributed by atoms with Crippen molar-refractivity contribution in [3.05, 3.63) is 60.2 Å². The quantitative estimate of drug-likeness (QED) is 0.721. The number of hydrogen-bond acceptors (Lipinski definition) is 4. The summed E-state index contributed by atoms with van der Waals surface area (Å²) in [6, 6.07) is 16.8. The third-order valence-corrected chi connectivity index (χ3v) is 6.99. The third-order valence-electron chi connectivity index (χ3n) is 5.08. The van der Waals surface area contributed by atoms with E-state index < -0.39 is 10.0 Å². The SMILES string of the molecule is CCOc1ccc(S(=O)(=O)N2CCC(C(OC)c3ccccc3)CC2)cc1. The zero-order valence-corrected chi connectivity index (χ0v) is 16.7. The largest absolute Gasteiger partial charge is 0.494 e. The monoisotopic (exact) mass is 389 g/mol. The van der Waals surface area contributed by atoms with Crippen molar-refractivity contribution in [2.75, 3.05) is 26.8 Å². The minimum absolute atomic E-state index is 0.00142. The number of rotatable bonds is 7. The summed E-state index contributed by atoms with van der Waals surface area (Å²) in [6.07, 6.45) is 1.56. The van der Waals surface area contributed by atoms with Crippen LogP contribution >= 0.6 is 0 Å². The van der Waals surface area contributed by atoms with E-state index in [1.165, 1.54) is 0 Å². The Balaban J connectivity index is 1.67. The predicted molar refractivity (Wildman–Crippen MR) is 105 cm³/mol. The molecule has 1 atom stereocenters. The fourth-order valence-electron chi connectivity index (χ4n) is 3.69. The maximum Gasteiger partial charge on any atom is 0.243 e. The van der Waals surface area contributed by atoms with Gasteiger partial charge in [0.2, 0.25) is 10.0 Å². The van der Waals surface area contributed by atoms with Gasteiger partial charge in [0.05, 0.1) is 17.6 Å². The summed E-state index contributed by atoms with van der Waals surface area (Å²) in [7, 11) is -1.75.